The molecule has 2 aromatic heterocycles. The number of hydrogen-bond acceptors (Lipinski definition) is 10. The molecule has 2 aromatic carbocycles. The molecule has 14 heteroatoms. The first-order valence-corrected chi connectivity index (χ1v) is 23.4. The second-order valence-corrected chi connectivity index (χ2v) is 18.5. The lowest BCUT2D eigenvalue weighted by molar-refractivity contribution is -0.136. The number of piperidine rings is 1. The predicted octanol–water partition coefficient (Wildman–Crippen LogP) is 6.27. The van der Waals surface area contributed by atoms with Crippen molar-refractivity contribution in [2.75, 3.05) is 50.8 Å². The maximum atomic E-state index is 13.9. The van der Waals surface area contributed by atoms with Gasteiger partial charge < -0.3 is 19.4 Å². The van der Waals surface area contributed by atoms with Crippen LogP contribution in [0.1, 0.15) is 113 Å². The summed E-state index contributed by atoms with van der Waals surface area (Å²) in [5.41, 5.74) is 9.29. The lowest BCUT2D eigenvalue weighted by atomic mass is 9.98. The van der Waals surface area contributed by atoms with Gasteiger partial charge in [0.05, 0.1) is 24.1 Å². The molecule has 14 nitrogen and oxygen atoms in total. The topological polar surface area (TPSA) is 146 Å². The molecule has 0 spiro atoms. The van der Waals surface area contributed by atoms with E-state index in [1.54, 1.807) is 15.8 Å². The second-order valence-electron chi connectivity index (χ2n) is 18.5. The number of rotatable bonds is 11. The Bertz CT molecular complexity index is 2450. The van der Waals surface area contributed by atoms with Gasteiger partial charge in [-0.2, -0.15) is 10.1 Å². The number of aromatic nitrogens is 3. The zero-order valence-corrected chi connectivity index (χ0v) is 37.6. The Hall–Kier alpha value is -5.73. The summed E-state index contributed by atoms with van der Waals surface area (Å²) in [5, 5.41) is 6.82. The minimum atomic E-state index is -0.579. The van der Waals surface area contributed by atoms with Crippen molar-refractivity contribution in [3.8, 4) is 17.1 Å². The molecule has 2 bridgehead atoms. The first-order chi connectivity index (χ1) is 31.1. The average Bonchev–Trinajstić information content (AvgIpc) is 3.93. The highest BCUT2D eigenvalue weighted by Crippen LogP contribution is 2.35. The fourth-order valence-electron chi connectivity index (χ4n) is 10.2. The SMILES string of the molecule is Cc1cc2cc(n1)-c1cnn(C)c1OCCC[C@@H](C)CN1C(=NC2=O)Cc2ccc(CN3CCN(CCCCCCCc4cccc5c4CN(C4CCC(=O)NC4=O)C5=O)CC3)cc21. The number of fused-ring (bicyclic) bond motifs is 8. The Morgan fingerprint density at radius 2 is 1.70 bits per heavy atom. The van der Waals surface area contributed by atoms with Crippen LogP contribution in [-0.2, 0) is 42.6 Å². The van der Waals surface area contributed by atoms with Gasteiger partial charge in [0.25, 0.3) is 11.8 Å². The highest BCUT2D eigenvalue weighted by Gasteiger charge is 2.40. The summed E-state index contributed by atoms with van der Waals surface area (Å²) in [4.78, 5) is 69.9. The number of benzene rings is 2. The molecule has 1 unspecified atom stereocenters. The number of pyridine rings is 1. The van der Waals surface area contributed by atoms with Crippen molar-refractivity contribution in [2.45, 2.75) is 104 Å². The van der Waals surface area contributed by atoms with Crippen molar-refractivity contribution in [3.63, 3.8) is 0 Å². The zero-order valence-electron chi connectivity index (χ0n) is 37.6. The average molecular weight is 868 g/mol. The summed E-state index contributed by atoms with van der Waals surface area (Å²) in [5.74, 6) is 0.823. The van der Waals surface area contributed by atoms with Gasteiger partial charge in [0, 0.05) is 88.2 Å². The molecule has 5 aliphatic heterocycles. The van der Waals surface area contributed by atoms with E-state index < -0.39 is 6.04 Å². The zero-order chi connectivity index (χ0) is 44.3. The first-order valence-electron chi connectivity index (χ1n) is 23.4. The standard InChI is InChI=1S/C50H61N9O5/c1-33-11-10-24-64-50-40(29-51-55(50)3)42-27-38(25-34(2)52-42)47(61)53-45-28-37-16-15-35(26-44(37)58(45)30-33)31-57-22-20-56(21-23-57)19-8-6-4-5-7-12-36-13-9-14-39-41(36)32-59(49(39)63)43-17-18-46(60)54-48(43)62/h9,13-16,25-27,29,33,43H,4-8,10-12,17-24,28,30-32H2,1-3H3,(H,54,60,62)/t33-,43?/m1/s1. The van der Waals surface area contributed by atoms with Crippen LogP contribution >= 0.6 is 0 Å². The third-order valence-electron chi connectivity index (χ3n) is 13.7. The lowest BCUT2D eigenvalue weighted by Gasteiger charge is -2.35. The molecule has 0 aliphatic carbocycles. The maximum absolute atomic E-state index is 13.9. The van der Waals surface area contributed by atoms with Crippen molar-refractivity contribution in [2.24, 2.45) is 18.0 Å². The molecule has 4 amide bonds. The van der Waals surface area contributed by atoms with E-state index in [9.17, 15) is 19.2 Å². The minimum absolute atomic E-state index is 0.104. The summed E-state index contributed by atoms with van der Waals surface area (Å²) in [7, 11) is 1.87. The van der Waals surface area contributed by atoms with Gasteiger partial charge in [-0.05, 0) is 104 Å². The number of imide groups is 1. The van der Waals surface area contributed by atoms with Crippen molar-refractivity contribution in [3.05, 3.63) is 93.8 Å². The maximum Gasteiger partial charge on any atom is 0.278 e. The molecule has 9 rings (SSSR count). The molecule has 0 saturated carbocycles. The molecule has 336 valence electrons. The molecule has 2 saturated heterocycles. The molecule has 7 heterocycles. The fraction of sp³-hybridized carbons (Fsp3) is 0.500. The number of aryl methyl sites for hydroxylation is 3. The van der Waals surface area contributed by atoms with Gasteiger partial charge in [0.15, 0.2) is 0 Å². The van der Waals surface area contributed by atoms with E-state index in [1.807, 2.05) is 38.2 Å². The van der Waals surface area contributed by atoms with Crippen LogP contribution < -0.4 is 15.0 Å². The van der Waals surface area contributed by atoms with Gasteiger partial charge in [-0.15, -0.1) is 0 Å². The van der Waals surface area contributed by atoms with Crippen molar-refractivity contribution >= 4 is 35.2 Å². The van der Waals surface area contributed by atoms with Crippen molar-refractivity contribution in [1.29, 1.82) is 0 Å². The van der Waals surface area contributed by atoms with Crippen LogP contribution in [0.4, 0.5) is 5.69 Å². The summed E-state index contributed by atoms with van der Waals surface area (Å²) in [6.45, 7) is 12.2. The Labute approximate surface area is 376 Å². The quantitative estimate of drug-likeness (QED) is 0.135. The molecule has 2 atom stereocenters. The van der Waals surface area contributed by atoms with E-state index in [4.69, 9.17) is 14.7 Å². The monoisotopic (exact) mass is 867 g/mol. The van der Waals surface area contributed by atoms with Crippen molar-refractivity contribution < 1.29 is 23.9 Å². The molecule has 64 heavy (non-hydrogen) atoms. The second kappa shape index (κ2) is 19.2. The van der Waals surface area contributed by atoms with Gasteiger partial charge in [0.2, 0.25) is 17.7 Å². The van der Waals surface area contributed by atoms with E-state index in [-0.39, 0.29) is 30.0 Å². The number of anilines is 1. The van der Waals surface area contributed by atoms with Crippen LogP contribution in [0.25, 0.3) is 11.3 Å². The number of aliphatic imine (C=N–C) groups is 1. The van der Waals surface area contributed by atoms with Crippen LogP contribution in [0, 0.1) is 12.8 Å². The molecule has 0 radical (unpaired) electrons. The third kappa shape index (κ3) is 9.53. The highest BCUT2D eigenvalue weighted by atomic mass is 16.5. The smallest absolute Gasteiger partial charge is 0.278 e. The number of nitrogens with zero attached hydrogens (tertiary/aromatic N) is 8. The predicted molar refractivity (Wildman–Crippen MR) is 245 cm³/mol. The van der Waals surface area contributed by atoms with Gasteiger partial charge in [-0.3, -0.25) is 34.4 Å². The van der Waals surface area contributed by atoms with Crippen LogP contribution in [0.2, 0.25) is 0 Å². The number of carbonyl (C=O) groups is 4. The van der Waals surface area contributed by atoms with E-state index in [1.165, 1.54) is 41.6 Å². The van der Waals surface area contributed by atoms with Crippen LogP contribution in [0.5, 0.6) is 5.88 Å². The first kappa shape index (κ1) is 43.5. The van der Waals surface area contributed by atoms with Gasteiger partial charge in [-0.25, -0.2) is 4.68 Å². The molecule has 4 aromatic rings. The normalized spacial score (nSPS) is 20.8. The number of piperazine rings is 1. The summed E-state index contributed by atoms with van der Waals surface area (Å²) in [6, 6.07) is 15.8. The Balaban J connectivity index is 0.741. The molecular formula is C50H61N9O5. The molecular weight excluding hydrogens is 807 g/mol. The summed E-state index contributed by atoms with van der Waals surface area (Å²) >= 11 is 0. The molecule has 2 fully saturated rings. The number of amidine groups is 1. The lowest BCUT2D eigenvalue weighted by Crippen LogP contribution is -2.52. The van der Waals surface area contributed by atoms with E-state index in [0.717, 1.165) is 101 Å². The van der Waals surface area contributed by atoms with Gasteiger partial charge in [0.1, 0.15) is 11.9 Å². The third-order valence-corrected chi connectivity index (χ3v) is 13.7. The van der Waals surface area contributed by atoms with E-state index >= 15 is 0 Å². The summed E-state index contributed by atoms with van der Waals surface area (Å²) in [6.07, 6.45) is 11.6. The largest absolute Gasteiger partial charge is 0.477 e. The Morgan fingerprint density at radius 3 is 2.55 bits per heavy atom. The number of unbranched alkanes of at least 4 members (excludes halogenated alkanes) is 4. The molecule has 1 N–H and O–H groups in total. The van der Waals surface area contributed by atoms with Crippen molar-refractivity contribution in [1.82, 2.24) is 34.8 Å². The van der Waals surface area contributed by atoms with Crippen LogP contribution in [-0.4, -0.2) is 111 Å². The highest BCUT2D eigenvalue weighted by molar-refractivity contribution is 6.12. The Kier molecular flexibility index (Phi) is 13.0. The van der Waals surface area contributed by atoms with E-state index in [0.29, 0.717) is 54.6 Å². The number of amides is 4. The number of hydrogen-bond donors (Lipinski definition) is 1. The minimum Gasteiger partial charge on any atom is -0.477 e. The fourth-order valence-corrected chi connectivity index (χ4v) is 10.2. The Morgan fingerprint density at radius 1 is 0.891 bits per heavy atom. The van der Waals surface area contributed by atoms with Crippen LogP contribution in [0.15, 0.2) is 59.7 Å². The number of carbonyl (C=O) groups excluding carboxylic acids is 4. The number of ether oxygens (including phenoxy) is 1. The van der Waals surface area contributed by atoms with Gasteiger partial charge >= 0.3 is 0 Å². The molecule has 5 aliphatic rings. The van der Waals surface area contributed by atoms with Gasteiger partial charge in [-0.1, -0.05) is 50.5 Å². The number of nitrogens with one attached hydrogen (secondary N) is 1. The van der Waals surface area contributed by atoms with E-state index in [2.05, 4.69) is 56.3 Å². The summed E-state index contributed by atoms with van der Waals surface area (Å²) < 4.78 is 8.00. The van der Waals surface area contributed by atoms with Crippen LogP contribution in [0.3, 0.4) is 0 Å².